The van der Waals surface area contributed by atoms with Crippen LogP contribution in [0.1, 0.15) is 59.3 Å². The maximum Gasteiger partial charge on any atom is 0.320 e. The first-order valence-corrected chi connectivity index (χ1v) is 7.01. The van der Waals surface area contributed by atoms with E-state index in [1.54, 1.807) is 0 Å². The SMILES string of the molecule is CC(C)CCC(C)N1CCCCCC1C(=O)O. The summed E-state index contributed by atoms with van der Waals surface area (Å²) in [6, 6.07) is 0.149. The molecule has 0 radical (unpaired) electrons. The molecule has 1 saturated heterocycles. The molecule has 0 aliphatic carbocycles. The molecular weight excluding hydrogens is 214 g/mol. The molecule has 3 heteroatoms. The van der Waals surface area contributed by atoms with Crippen molar-refractivity contribution in [3.8, 4) is 0 Å². The number of nitrogens with zero attached hydrogens (tertiary/aromatic N) is 1. The van der Waals surface area contributed by atoms with Crippen molar-refractivity contribution in [2.75, 3.05) is 6.54 Å². The summed E-state index contributed by atoms with van der Waals surface area (Å²) >= 11 is 0. The van der Waals surface area contributed by atoms with E-state index in [2.05, 4.69) is 25.7 Å². The smallest absolute Gasteiger partial charge is 0.320 e. The van der Waals surface area contributed by atoms with Gasteiger partial charge in [-0.25, -0.2) is 0 Å². The Bertz CT molecular complexity index is 240. The number of rotatable bonds is 5. The summed E-state index contributed by atoms with van der Waals surface area (Å²) in [5.41, 5.74) is 0. The minimum absolute atomic E-state index is 0.250. The molecule has 1 aliphatic rings. The minimum Gasteiger partial charge on any atom is -0.480 e. The van der Waals surface area contributed by atoms with Crippen molar-refractivity contribution in [1.82, 2.24) is 4.90 Å². The second-order valence-corrected chi connectivity index (χ2v) is 5.76. The van der Waals surface area contributed by atoms with E-state index in [-0.39, 0.29) is 6.04 Å². The molecule has 0 saturated carbocycles. The summed E-state index contributed by atoms with van der Waals surface area (Å²) in [6.45, 7) is 7.59. The topological polar surface area (TPSA) is 40.5 Å². The van der Waals surface area contributed by atoms with Gasteiger partial charge in [0.05, 0.1) is 0 Å². The zero-order valence-corrected chi connectivity index (χ0v) is 11.5. The highest BCUT2D eigenvalue weighted by atomic mass is 16.4. The van der Waals surface area contributed by atoms with Crippen LogP contribution in [0.2, 0.25) is 0 Å². The first kappa shape index (κ1) is 14.5. The highest BCUT2D eigenvalue weighted by Gasteiger charge is 2.30. The number of carboxylic acids is 1. The quantitative estimate of drug-likeness (QED) is 0.804. The lowest BCUT2D eigenvalue weighted by atomic mass is 10.0. The van der Waals surface area contributed by atoms with Gasteiger partial charge in [0.25, 0.3) is 0 Å². The van der Waals surface area contributed by atoms with Gasteiger partial charge in [0, 0.05) is 6.04 Å². The number of likely N-dealkylation sites (tertiary alicyclic amines) is 1. The van der Waals surface area contributed by atoms with E-state index >= 15 is 0 Å². The van der Waals surface area contributed by atoms with Gasteiger partial charge >= 0.3 is 5.97 Å². The zero-order valence-electron chi connectivity index (χ0n) is 11.5. The van der Waals surface area contributed by atoms with Gasteiger partial charge in [0.1, 0.15) is 6.04 Å². The van der Waals surface area contributed by atoms with Gasteiger partial charge in [-0.15, -0.1) is 0 Å². The Morgan fingerprint density at radius 1 is 1.24 bits per heavy atom. The van der Waals surface area contributed by atoms with Gasteiger partial charge in [-0.3, -0.25) is 9.69 Å². The molecule has 0 aromatic rings. The van der Waals surface area contributed by atoms with Crippen LogP contribution in [0.4, 0.5) is 0 Å². The molecule has 1 N–H and O–H groups in total. The average molecular weight is 241 g/mol. The third-order valence-corrected chi connectivity index (χ3v) is 3.81. The molecule has 1 rings (SSSR count). The van der Waals surface area contributed by atoms with Gasteiger partial charge in [0.2, 0.25) is 0 Å². The van der Waals surface area contributed by atoms with Crippen LogP contribution < -0.4 is 0 Å². The Kier molecular flexibility index (Phi) is 5.96. The van der Waals surface area contributed by atoms with Gasteiger partial charge < -0.3 is 5.11 Å². The fraction of sp³-hybridized carbons (Fsp3) is 0.929. The second kappa shape index (κ2) is 7.00. The molecule has 2 atom stereocenters. The third-order valence-electron chi connectivity index (χ3n) is 3.81. The van der Waals surface area contributed by atoms with Gasteiger partial charge in [0.15, 0.2) is 0 Å². The van der Waals surface area contributed by atoms with Crippen LogP contribution in [0.3, 0.4) is 0 Å². The van der Waals surface area contributed by atoms with E-state index in [4.69, 9.17) is 0 Å². The Labute approximate surface area is 105 Å². The zero-order chi connectivity index (χ0) is 12.8. The van der Waals surface area contributed by atoms with Crippen LogP contribution in [0.15, 0.2) is 0 Å². The predicted octanol–water partition coefficient (Wildman–Crippen LogP) is 3.14. The Hall–Kier alpha value is -0.570. The summed E-state index contributed by atoms with van der Waals surface area (Å²) in [7, 11) is 0. The third kappa shape index (κ3) is 4.66. The molecule has 0 spiro atoms. The molecule has 100 valence electrons. The lowest BCUT2D eigenvalue weighted by molar-refractivity contribution is -0.144. The number of carboxylic acid groups (broad SMARTS) is 1. The fourth-order valence-corrected chi connectivity index (χ4v) is 2.66. The summed E-state index contributed by atoms with van der Waals surface area (Å²) < 4.78 is 0. The first-order chi connectivity index (χ1) is 8.02. The van der Waals surface area contributed by atoms with Gasteiger partial charge in [-0.1, -0.05) is 26.7 Å². The summed E-state index contributed by atoms with van der Waals surface area (Å²) in [4.78, 5) is 13.5. The van der Waals surface area contributed by atoms with Crippen LogP contribution in [-0.4, -0.2) is 34.6 Å². The van der Waals surface area contributed by atoms with Crippen molar-refractivity contribution in [3.05, 3.63) is 0 Å². The van der Waals surface area contributed by atoms with E-state index in [1.165, 1.54) is 12.8 Å². The maximum atomic E-state index is 11.3. The van der Waals surface area contributed by atoms with Crippen molar-refractivity contribution in [2.45, 2.75) is 71.4 Å². The summed E-state index contributed by atoms with van der Waals surface area (Å²) in [5.74, 6) is 0.0657. The average Bonchev–Trinajstić information content (AvgIpc) is 2.50. The molecule has 0 amide bonds. The van der Waals surface area contributed by atoms with E-state index in [0.29, 0.717) is 12.0 Å². The number of hydrogen-bond acceptors (Lipinski definition) is 2. The highest BCUT2D eigenvalue weighted by Crippen LogP contribution is 2.22. The number of aliphatic carboxylic acids is 1. The Balaban J connectivity index is 2.58. The summed E-state index contributed by atoms with van der Waals surface area (Å²) in [6.07, 6.45) is 6.50. The minimum atomic E-state index is -0.636. The highest BCUT2D eigenvalue weighted by molar-refractivity contribution is 5.73. The Morgan fingerprint density at radius 3 is 2.53 bits per heavy atom. The standard InChI is InChI=1S/C14H27NO2/c1-11(2)8-9-12(3)15-10-6-4-5-7-13(15)14(16)17/h11-13H,4-10H2,1-3H3,(H,16,17). The number of carbonyl (C=O) groups is 1. The van der Waals surface area contributed by atoms with Crippen molar-refractivity contribution in [2.24, 2.45) is 5.92 Å². The van der Waals surface area contributed by atoms with Crippen LogP contribution in [0, 0.1) is 5.92 Å². The van der Waals surface area contributed by atoms with Crippen molar-refractivity contribution < 1.29 is 9.90 Å². The number of hydrogen-bond donors (Lipinski definition) is 1. The van der Waals surface area contributed by atoms with Crippen molar-refractivity contribution >= 4 is 5.97 Å². The molecule has 1 aliphatic heterocycles. The molecule has 3 nitrogen and oxygen atoms in total. The van der Waals surface area contributed by atoms with E-state index < -0.39 is 5.97 Å². The Morgan fingerprint density at radius 2 is 1.94 bits per heavy atom. The largest absolute Gasteiger partial charge is 0.480 e. The normalized spacial score (nSPS) is 24.6. The van der Waals surface area contributed by atoms with E-state index in [9.17, 15) is 9.90 Å². The van der Waals surface area contributed by atoms with Gasteiger partial charge in [-0.2, -0.15) is 0 Å². The van der Waals surface area contributed by atoms with Gasteiger partial charge in [-0.05, 0) is 45.1 Å². The molecule has 0 aromatic heterocycles. The van der Waals surface area contributed by atoms with Crippen molar-refractivity contribution in [1.29, 1.82) is 0 Å². The predicted molar refractivity (Wildman–Crippen MR) is 70.1 cm³/mol. The maximum absolute atomic E-state index is 11.3. The molecule has 1 heterocycles. The molecule has 1 fully saturated rings. The molecular formula is C14H27NO2. The first-order valence-electron chi connectivity index (χ1n) is 7.01. The second-order valence-electron chi connectivity index (χ2n) is 5.76. The van der Waals surface area contributed by atoms with Crippen LogP contribution in [-0.2, 0) is 4.79 Å². The molecule has 17 heavy (non-hydrogen) atoms. The van der Waals surface area contributed by atoms with Crippen molar-refractivity contribution in [3.63, 3.8) is 0 Å². The molecule has 0 aromatic carbocycles. The lowest BCUT2D eigenvalue weighted by Crippen LogP contribution is -2.46. The van der Waals surface area contributed by atoms with Crippen LogP contribution in [0.25, 0.3) is 0 Å². The lowest BCUT2D eigenvalue weighted by Gasteiger charge is -2.33. The monoisotopic (exact) mass is 241 g/mol. The molecule has 0 bridgehead atoms. The molecule has 2 unspecified atom stereocenters. The van der Waals surface area contributed by atoms with E-state index in [0.717, 1.165) is 32.2 Å². The van der Waals surface area contributed by atoms with E-state index in [1.807, 2.05) is 0 Å². The van der Waals surface area contributed by atoms with Crippen LogP contribution in [0.5, 0.6) is 0 Å². The van der Waals surface area contributed by atoms with Crippen LogP contribution >= 0.6 is 0 Å². The fourth-order valence-electron chi connectivity index (χ4n) is 2.66. The summed E-state index contributed by atoms with van der Waals surface area (Å²) in [5, 5.41) is 9.32.